The molecular formula is C24H20ClN5O3. The second-order valence-corrected chi connectivity index (χ2v) is 8.15. The van der Waals surface area contributed by atoms with Crippen LogP contribution in [0.2, 0.25) is 5.02 Å². The van der Waals surface area contributed by atoms with E-state index >= 15 is 0 Å². The van der Waals surface area contributed by atoms with E-state index in [0.29, 0.717) is 34.6 Å². The number of halogens is 1. The molecule has 1 aliphatic rings. The molecule has 0 bridgehead atoms. The van der Waals surface area contributed by atoms with Crippen LogP contribution in [0.1, 0.15) is 27.7 Å². The van der Waals surface area contributed by atoms with E-state index in [1.165, 1.54) is 4.90 Å². The van der Waals surface area contributed by atoms with Crippen LogP contribution in [0.3, 0.4) is 0 Å². The number of carbonyl (C=O) groups is 2. The van der Waals surface area contributed by atoms with Crippen molar-refractivity contribution in [3.63, 3.8) is 0 Å². The quantitative estimate of drug-likeness (QED) is 0.458. The highest BCUT2D eigenvalue weighted by molar-refractivity contribution is 6.35. The minimum Gasteiger partial charge on any atom is -0.424 e. The number of amides is 2. The zero-order valence-corrected chi connectivity index (χ0v) is 18.6. The Balaban J connectivity index is 1.46. The van der Waals surface area contributed by atoms with Crippen molar-refractivity contribution in [2.24, 2.45) is 0 Å². The lowest BCUT2D eigenvalue weighted by Crippen LogP contribution is -2.40. The van der Waals surface area contributed by atoms with Gasteiger partial charge >= 0.3 is 0 Å². The van der Waals surface area contributed by atoms with E-state index in [4.69, 9.17) is 16.0 Å². The van der Waals surface area contributed by atoms with Crippen molar-refractivity contribution in [3.05, 3.63) is 94.9 Å². The highest BCUT2D eigenvalue weighted by Crippen LogP contribution is 2.30. The Labute approximate surface area is 195 Å². The van der Waals surface area contributed by atoms with Gasteiger partial charge in [0.2, 0.25) is 17.7 Å². The van der Waals surface area contributed by atoms with Crippen molar-refractivity contribution in [1.82, 2.24) is 19.7 Å². The maximum atomic E-state index is 13.6. The average molecular weight is 462 g/mol. The number of aromatic nitrogens is 3. The molecule has 0 spiro atoms. The molecule has 33 heavy (non-hydrogen) atoms. The van der Waals surface area contributed by atoms with E-state index in [-0.39, 0.29) is 24.9 Å². The van der Waals surface area contributed by atoms with Crippen LogP contribution in [-0.4, -0.2) is 38.0 Å². The smallest absolute Gasteiger partial charge is 0.260 e. The third-order valence-corrected chi connectivity index (χ3v) is 5.83. The second-order valence-electron chi connectivity index (χ2n) is 7.74. The van der Waals surface area contributed by atoms with Gasteiger partial charge in [0.05, 0.1) is 17.1 Å². The van der Waals surface area contributed by atoms with Crippen molar-refractivity contribution >= 4 is 29.1 Å². The Morgan fingerprint density at radius 2 is 1.85 bits per heavy atom. The lowest BCUT2D eigenvalue weighted by Gasteiger charge is -2.23. The van der Waals surface area contributed by atoms with Gasteiger partial charge in [-0.3, -0.25) is 14.5 Å². The molecule has 0 atom stereocenters. The monoisotopic (exact) mass is 461 g/mol. The van der Waals surface area contributed by atoms with Gasteiger partial charge in [-0.1, -0.05) is 29.8 Å². The predicted octanol–water partition coefficient (Wildman–Crippen LogP) is 4.01. The van der Waals surface area contributed by atoms with Crippen LogP contribution in [0, 0.1) is 6.92 Å². The molecule has 0 N–H and O–H groups in total. The van der Waals surface area contributed by atoms with E-state index in [1.807, 2.05) is 59.4 Å². The SMILES string of the molecule is Cc1nnc(CN2Cc3ccccc3N(C(=O)c3ccc(-n4cccc4)cc3Cl)CC2=O)o1. The Morgan fingerprint density at radius 1 is 1.06 bits per heavy atom. The highest BCUT2D eigenvalue weighted by atomic mass is 35.5. The van der Waals surface area contributed by atoms with E-state index < -0.39 is 0 Å². The largest absolute Gasteiger partial charge is 0.424 e. The molecule has 0 aliphatic carbocycles. The first-order chi connectivity index (χ1) is 16.0. The van der Waals surface area contributed by atoms with Crippen LogP contribution in [0.4, 0.5) is 5.69 Å². The van der Waals surface area contributed by atoms with Crippen LogP contribution in [0.5, 0.6) is 0 Å². The average Bonchev–Trinajstić information content (AvgIpc) is 3.46. The maximum absolute atomic E-state index is 13.6. The summed E-state index contributed by atoms with van der Waals surface area (Å²) in [5, 5.41) is 8.14. The molecule has 8 nitrogen and oxygen atoms in total. The molecule has 1 aliphatic heterocycles. The van der Waals surface area contributed by atoms with Crippen molar-refractivity contribution in [1.29, 1.82) is 0 Å². The molecule has 5 rings (SSSR count). The van der Waals surface area contributed by atoms with E-state index in [2.05, 4.69) is 10.2 Å². The number of rotatable bonds is 4. The fraction of sp³-hybridized carbons (Fsp3) is 0.167. The Hall–Kier alpha value is -3.91. The van der Waals surface area contributed by atoms with Crippen LogP contribution in [-0.2, 0) is 17.9 Å². The summed E-state index contributed by atoms with van der Waals surface area (Å²) >= 11 is 6.52. The minimum atomic E-state index is -0.338. The summed E-state index contributed by atoms with van der Waals surface area (Å²) in [6.07, 6.45) is 3.80. The molecule has 0 unspecified atom stereocenters. The predicted molar refractivity (Wildman–Crippen MR) is 122 cm³/mol. The van der Waals surface area contributed by atoms with Gasteiger partial charge in [-0.05, 0) is 42.0 Å². The third-order valence-electron chi connectivity index (χ3n) is 5.51. The topological polar surface area (TPSA) is 84.5 Å². The molecule has 2 amide bonds. The summed E-state index contributed by atoms with van der Waals surface area (Å²) in [6, 6.07) is 16.5. The summed E-state index contributed by atoms with van der Waals surface area (Å²) < 4.78 is 7.35. The van der Waals surface area contributed by atoms with Crippen molar-refractivity contribution in [2.45, 2.75) is 20.0 Å². The number of benzene rings is 2. The van der Waals surface area contributed by atoms with Crippen molar-refractivity contribution in [3.8, 4) is 5.69 Å². The van der Waals surface area contributed by atoms with Crippen molar-refractivity contribution < 1.29 is 14.0 Å². The first kappa shape index (κ1) is 21.0. The van der Waals surface area contributed by atoms with Gasteiger partial charge < -0.3 is 13.9 Å². The number of carbonyl (C=O) groups excluding carboxylic acids is 2. The molecule has 166 valence electrons. The Bertz CT molecular complexity index is 1330. The summed E-state index contributed by atoms with van der Waals surface area (Å²) in [4.78, 5) is 29.8. The van der Waals surface area contributed by atoms with Gasteiger partial charge in [-0.2, -0.15) is 0 Å². The number of hydrogen-bond acceptors (Lipinski definition) is 5. The van der Waals surface area contributed by atoms with Crippen LogP contribution >= 0.6 is 11.6 Å². The van der Waals surface area contributed by atoms with Crippen LogP contribution in [0.25, 0.3) is 5.69 Å². The van der Waals surface area contributed by atoms with Gasteiger partial charge in [-0.25, -0.2) is 0 Å². The Morgan fingerprint density at radius 3 is 2.58 bits per heavy atom. The zero-order valence-electron chi connectivity index (χ0n) is 17.8. The molecule has 4 aromatic rings. The number of aryl methyl sites for hydroxylation is 1. The van der Waals surface area contributed by atoms with Crippen LogP contribution < -0.4 is 4.90 Å². The van der Waals surface area contributed by atoms with Gasteiger partial charge in [0.25, 0.3) is 5.91 Å². The lowest BCUT2D eigenvalue weighted by molar-refractivity contribution is -0.131. The van der Waals surface area contributed by atoms with Gasteiger partial charge in [0.1, 0.15) is 6.54 Å². The van der Waals surface area contributed by atoms with Gasteiger partial charge in [-0.15, -0.1) is 10.2 Å². The third kappa shape index (κ3) is 4.12. The molecule has 0 saturated heterocycles. The van der Waals surface area contributed by atoms with E-state index in [9.17, 15) is 9.59 Å². The summed E-state index contributed by atoms with van der Waals surface area (Å²) in [7, 11) is 0. The number of hydrogen-bond donors (Lipinski definition) is 0. The fourth-order valence-corrected chi connectivity index (χ4v) is 4.16. The molecule has 2 aromatic carbocycles. The molecular weight excluding hydrogens is 442 g/mol. The maximum Gasteiger partial charge on any atom is 0.260 e. The lowest BCUT2D eigenvalue weighted by atomic mass is 10.1. The first-order valence-corrected chi connectivity index (χ1v) is 10.8. The standard InChI is InChI=1S/C24H20ClN5O3/c1-16-26-27-22(33-16)14-29-13-17-6-2-3-7-21(17)30(15-23(29)31)24(32)19-9-8-18(12-20(19)25)28-10-4-5-11-28/h2-12H,13-15H2,1H3. The normalized spacial score (nSPS) is 13.7. The number of anilines is 1. The number of para-hydroxylation sites is 1. The first-order valence-electron chi connectivity index (χ1n) is 10.4. The van der Waals surface area contributed by atoms with Gasteiger partial charge in [0, 0.05) is 37.2 Å². The number of nitrogens with zero attached hydrogens (tertiary/aromatic N) is 5. The minimum absolute atomic E-state index is 0.126. The molecule has 0 fully saturated rings. The molecule has 0 radical (unpaired) electrons. The second kappa shape index (κ2) is 8.55. The number of fused-ring (bicyclic) bond motifs is 1. The van der Waals surface area contributed by atoms with Crippen molar-refractivity contribution in [2.75, 3.05) is 11.4 Å². The molecule has 9 heteroatoms. The zero-order chi connectivity index (χ0) is 22.9. The Kier molecular flexibility index (Phi) is 5.43. The summed E-state index contributed by atoms with van der Waals surface area (Å²) in [6.45, 7) is 2.06. The van der Waals surface area contributed by atoms with E-state index in [0.717, 1.165) is 11.3 Å². The highest BCUT2D eigenvalue weighted by Gasteiger charge is 2.31. The van der Waals surface area contributed by atoms with Gasteiger partial charge in [0.15, 0.2) is 0 Å². The molecule has 0 saturated carbocycles. The molecule has 3 heterocycles. The fourth-order valence-electron chi connectivity index (χ4n) is 3.90. The summed E-state index contributed by atoms with van der Waals surface area (Å²) in [5.74, 6) is 0.218. The van der Waals surface area contributed by atoms with Crippen LogP contribution in [0.15, 0.2) is 71.4 Å². The molecule has 2 aromatic heterocycles. The summed E-state index contributed by atoms with van der Waals surface area (Å²) in [5.41, 5.74) is 2.68. The van der Waals surface area contributed by atoms with E-state index in [1.54, 1.807) is 24.0 Å².